The fourth-order valence-electron chi connectivity index (χ4n) is 3.51. The number of anilines is 1. The van der Waals surface area contributed by atoms with Gasteiger partial charge in [-0.2, -0.15) is 0 Å². The molecule has 4 rings (SSSR count). The molecule has 6 heteroatoms. The van der Waals surface area contributed by atoms with Crippen molar-refractivity contribution in [3.05, 3.63) is 78.2 Å². The first-order chi connectivity index (χ1) is 13.4. The van der Waals surface area contributed by atoms with Crippen molar-refractivity contribution in [2.75, 3.05) is 4.90 Å². The lowest BCUT2D eigenvalue weighted by Crippen LogP contribution is -2.48. The Hall–Kier alpha value is -3.54. The molecule has 3 heterocycles. The molecule has 0 spiro atoms. The maximum Gasteiger partial charge on any atom is 0.379 e. The van der Waals surface area contributed by atoms with Crippen LogP contribution in [0.15, 0.2) is 69.9 Å². The largest absolute Gasteiger partial charge is 0.459 e. The van der Waals surface area contributed by atoms with Gasteiger partial charge in [0, 0.05) is 5.56 Å². The van der Waals surface area contributed by atoms with Gasteiger partial charge in [-0.05, 0) is 68.8 Å². The van der Waals surface area contributed by atoms with E-state index in [0.29, 0.717) is 5.75 Å². The minimum absolute atomic E-state index is 0.126. The summed E-state index contributed by atoms with van der Waals surface area (Å²) in [5.74, 6) is -0.0504. The first-order valence-electron chi connectivity index (χ1n) is 8.84. The molecule has 142 valence electrons. The van der Waals surface area contributed by atoms with Gasteiger partial charge < -0.3 is 13.6 Å². The van der Waals surface area contributed by atoms with E-state index >= 15 is 0 Å². The van der Waals surface area contributed by atoms with Gasteiger partial charge in [0.1, 0.15) is 5.75 Å². The van der Waals surface area contributed by atoms with Crippen molar-refractivity contribution in [3.63, 3.8) is 0 Å². The highest BCUT2D eigenvalue weighted by Crippen LogP contribution is 2.41. The molecule has 1 aliphatic rings. The van der Waals surface area contributed by atoms with Gasteiger partial charge in [0.25, 0.3) is 5.91 Å². The molecule has 0 aliphatic carbocycles. The Morgan fingerprint density at radius 3 is 2.32 bits per heavy atom. The van der Waals surface area contributed by atoms with Crippen LogP contribution in [-0.4, -0.2) is 17.4 Å². The van der Waals surface area contributed by atoms with Crippen molar-refractivity contribution in [3.8, 4) is 5.75 Å². The molecule has 6 nitrogen and oxygen atoms in total. The lowest BCUT2D eigenvalue weighted by atomic mass is 9.88. The predicted molar refractivity (Wildman–Crippen MR) is 103 cm³/mol. The lowest BCUT2D eigenvalue weighted by molar-refractivity contribution is 0.0701. The van der Waals surface area contributed by atoms with Crippen molar-refractivity contribution in [2.24, 2.45) is 0 Å². The smallest absolute Gasteiger partial charge is 0.379 e. The van der Waals surface area contributed by atoms with Crippen LogP contribution in [0.25, 0.3) is 5.57 Å². The second kappa shape index (κ2) is 6.56. The molecule has 0 N–H and O–H groups in total. The van der Waals surface area contributed by atoms with E-state index in [9.17, 15) is 9.59 Å². The van der Waals surface area contributed by atoms with E-state index in [1.54, 1.807) is 41.3 Å². The van der Waals surface area contributed by atoms with E-state index in [2.05, 4.69) is 0 Å². The number of allylic oxidation sites excluding steroid dienone is 1. The zero-order valence-electron chi connectivity index (χ0n) is 15.8. The molecule has 2 aromatic heterocycles. The summed E-state index contributed by atoms with van der Waals surface area (Å²) in [6.45, 7) is 5.89. The number of carbonyl (C=O) groups is 2. The standard InChI is InChI=1S/C22H19NO5/c1-14-13-22(2,3)23(20(24)18-6-4-10-26-18)17-9-8-15(12-16(14)17)28-21(25)19-7-5-11-27-19/h4-13H,1-3H3. The Morgan fingerprint density at radius 1 is 1.00 bits per heavy atom. The Bertz CT molecular complexity index is 1060. The number of rotatable bonds is 3. The van der Waals surface area contributed by atoms with Gasteiger partial charge in [-0.25, -0.2) is 4.79 Å². The maximum atomic E-state index is 13.1. The molecule has 0 radical (unpaired) electrons. The number of benzene rings is 1. The van der Waals surface area contributed by atoms with Crippen molar-refractivity contribution in [2.45, 2.75) is 26.3 Å². The minimum atomic E-state index is -0.578. The van der Waals surface area contributed by atoms with Crippen molar-refractivity contribution < 1.29 is 23.2 Å². The number of amides is 1. The van der Waals surface area contributed by atoms with Gasteiger partial charge in [-0.15, -0.1) is 0 Å². The number of esters is 1. The molecule has 0 fully saturated rings. The summed E-state index contributed by atoms with van der Waals surface area (Å²) in [6, 6.07) is 11.7. The average Bonchev–Trinajstić information content (AvgIpc) is 3.35. The van der Waals surface area contributed by atoms with E-state index in [0.717, 1.165) is 16.8 Å². The van der Waals surface area contributed by atoms with Crippen LogP contribution in [0.5, 0.6) is 5.75 Å². The average molecular weight is 377 g/mol. The fourth-order valence-corrected chi connectivity index (χ4v) is 3.51. The summed E-state index contributed by atoms with van der Waals surface area (Å²) >= 11 is 0. The highest BCUT2D eigenvalue weighted by atomic mass is 16.5. The summed E-state index contributed by atoms with van der Waals surface area (Å²) in [6.07, 6.45) is 4.90. The van der Waals surface area contributed by atoms with Crippen molar-refractivity contribution >= 4 is 23.1 Å². The zero-order valence-corrected chi connectivity index (χ0v) is 15.8. The van der Waals surface area contributed by atoms with Crippen LogP contribution in [-0.2, 0) is 0 Å². The second-order valence-corrected chi connectivity index (χ2v) is 7.14. The van der Waals surface area contributed by atoms with E-state index in [4.69, 9.17) is 13.6 Å². The van der Waals surface area contributed by atoms with E-state index in [1.165, 1.54) is 18.6 Å². The van der Waals surface area contributed by atoms with Gasteiger partial charge in [0.05, 0.1) is 23.8 Å². The second-order valence-electron chi connectivity index (χ2n) is 7.14. The minimum Gasteiger partial charge on any atom is -0.459 e. The Labute approximate surface area is 162 Å². The van der Waals surface area contributed by atoms with Crippen LogP contribution in [0.4, 0.5) is 5.69 Å². The fraction of sp³-hybridized carbons (Fsp3) is 0.182. The number of hydrogen-bond acceptors (Lipinski definition) is 5. The number of hydrogen-bond donors (Lipinski definition) is 0. The van der Waals surface area contributed by atoms with Crippen LogP contribution in [0.3, 0.4) is 0 Å². The third-order valence-corrected chi connectivity index (χ3v) is 4.65. The van der Waals surface area contributed by atoms with Crippen molar-refractivity contribution in [1.29, 1.82) is 0 Å². The normalized spacial score (nSPS) is 15.0. The first kappa shape index (κ1) is 17.9. The molecule has 0 saturated carbocycles. The Morgan fingerprint density at radius 2 is 1.68 bits per heavy atom. The molecule has 0 saturated heterocycles. The van der Waals surface area contributed by atoms with Crippen LogP contribution in [0.1, 0.15) is 47.4 Å². The van der Waals surface area contributed by atoms with Gasteiger partial charge in [0.15, 0.2) is 5.76 Å². The predicted octanol–water partition coefficient (Wildman–Crippen LogP) is 4.93. The highest BCUT2D eigenvalue weighted by molar-refractivity contribution is 6.08. The summed E-state index contributed by atoms with van der Waals surface area (Å²) < 4.78 is 15.8. The number of ether oxygens (including phenoxy) is 1. The third kappa shape index (κ3) is 3.03. The topological polar surface area (TPSA) is 72.9 Å². The summed E-state index contributed by atoms with van der Waals surface area (Å²) in [5.41, 5.74) is 1.97. The number of carbonyl (C=O) groups excluding carboxylic acids is 2. The van der Waals surface area contributed by atoms with Crippen LogP contribution >= 0.6 is 0 Å². The molecule has 28 heavy (non-hydrogen) atoms. The SMILES string of the molecule is CC1=CC(C)(C)N(C(=O)c2ccco2)c2ccc(OC(=O)c3ccco3)cc21. The number of furan rings is 2. The Kier molecular flexibility index (Phi) is 4.19. The highest BCUT2D eigenvalue weighted by Gasteiger charge is 2.37. The molecule has 1 amide bonds. The van der Waals surface area contributed by atoms with Gasteiger partial charge in [-0.3, -0.25) is 9.69 Å². The molecule has 3 aromatic rings. The van der Waals surface area contributed by atoms with Gasteiger partial charge in [-0.1, -0.05) is 6.08 Å². The van der Waals surface area contributed by atoms with E-state index in [-0.39, 0.29) is 17.4 Å². The third-order valence-electron chi connectivity index (χ3n) is 4.65. The van der Waals surface area contributed by atoms with Crippen LogP contribution < -0.4 is 9.64 Å². The van der Waals surface area contributed by atoms with Crippen molar-refractivity contribution in [1.82, 2.24) is 0 Å². The lowest BCUT2D eigenvalue weighted by Gasteiger charge is -2.41. The molecule has 0 atom stereocenters. The summed E-state index contributed by atoms with van der Waals surface area (Å²) in [7, 11) is 0. The Balaban J connectivity index is 1.72. The monoisotopic (exact) mass is 377 g/mol. The molecular weight excluding hydrogens is 358 g/mol. The zero-order chi connectivity index (χ0) is 19.9. The molecule has 1 aromatic carbocycles. The molecule has 0 bridgehead atoms. The quantitative estimate of drug-likeness (QED) is 0.478. The van der Waals surface area contributed by atoms with Crippen LogP contribution in [0.2, 0.25) is 0 Å². The van der Waals surface area contributed by atoms with Crippen LogP contribution in [0, 0.1) is 0 Å². The molecule has 0 unspecified atom stereocenters. The first-order valence-corrected chi connectivity index (χ1v) is 8.84. The van der Waals surface area contributed by atoms with E-state index < -0.39 is 11.5 Å². The molecular formula is C22H19NO5. The van der Waals surface area contributed by atoms with Gasteiger partial charge in [0.2, 0.25) is 5.76 Å². The summed E-state index contributed by atoms with van der Waals surface area (Å²) in [5, 5.41) is 0. The number of fused-ring (bicyclic) bond motifs is 1. The molecule has 1 aliphatic heterocycles. The van der Waals surface area contributed by atoms with Gasteiger partial charge >= 0.3 is 5.97 Å². The maximum absolute atomic E-state index is 13.1. The summed E-state index contributed by atoms with van der Waals surface area (Å²) in [4.78, 5) is 26.9. The van der Waals surface area contributed by atoms with E-state index in [1.807, 2.05) is 26.8 Å². The number of nitrogens with zero attached hydrogens (tertiary/aromatic N) is 1.